The minimum absolute atomic E-state index is 0.0489. The first-order valence-corrected chi connectivity index (χ1v) is 6.25. The van der Waals surface area contributed by atoms with E-state index in [-0.39, 0.29) is 24.6 Å². The third-order valence-corrected chi connectivity index (χ3v) is 2.66. The summed E-state index contributed by atoms with van der Waals surface area (Å²) in [5.74, 6) is -1.55. The molecule has 0 saturated carbocycles. The highest BCUT2D eigenvalue weighted by Gasteiger charge is 2.26. The molecule has 1 unspecified atom stereocenters. The van der Waals surface area contributed by atoms with Crippen molar-refractivity contribution in [3.63, 3.8) is 0 Å². The Morgan fingerprint density at radius 1 is 1.24 bits per heavy atom. The molecule has 0 aliphatic heterocycles. The Hall–Kier alpha value is -1.60. The molecule has 0 aliphatic rings. The maximum atomic E-state index is 13.4. The molecule has 8 heteroatoms. The number of hydrogen-bond donors (Lipinski definition) is 1. The lowest BCUT2D eigenvalue weighted by Gasteiger charge is -2.16. The van der Waals surface area contributed by atoms with Crippen LogP contribution in [0.2, 0.25) is 0 Å². The third-order valence-electron chi connectivity index (χ3n) is 2.66. The van der Waals surface area contributed by atoms with E-state index < -0.39 is 30.8 Å². The second-order valence-corrected chi connectivity index (χ2v) is 4.58. The maximum absolute atomic E-state index is 13.4. The molecule has 0 spiro atoms. The Bertz CT molecular complexity index is 449. The SMILES string of the molecule is CC(CCCC(F)(F)F)Nc1ccc(OC(F)F)c(F)c1. The molecule has 1 aromatic carbocycles. The minimum atomic E-state index is -4.19. The maximum Gasteiger partial charge on any atom is 0.389 e. The number of rotatable bonds is 7. The van der Waals surface area contributed by atoms with Crippen LogP contribution in [0.5, 0.6) is 5.75 Å². The van der Waals surface area contributed by atoms with Crippen LogP contribution in [0.4, 0.5) is 32.0 Å². The summed E-state index contributed by atoms with van der Waals surface area (Å²) in [6, 6.07) is 3.00. The molecule has 0 aromatic heterocycles. The van der Waals surface area contributed by atoms with Crippen LogP contribution in [-0.4, -0.2) is 18.8 Å². The monoisotopic (exact) mass is 315 g/mol. The van der Waals surface area contributed by atoms with E-state index in [0.29, 0.717) is 0 Å². The van der Waals surface area contributed by atoms with E-state index in [1.54, 1.807) is 6.92 Å². The average Bonchev–Trinajstić information content (AvgIpc) is 2.30. The molecule has 0 heterocycles. The lowest BCUT2D eigenvalue weighted by atomic mass is 10.1. The number of alkyl halides is 5. The second kappa shape index (κ2) is 7.42. The van der Waals surface area contributed by atoms with Gasteiger partial charge in [0.15, 0.2) is 11.6 Å². The Labute approximate surface area is 118 Å². The molecule has 21 heavy (non-hydrogen) atoms. The number of benzene rings is 1. The molecular weight excluding hydrogens is 300 g/mol. The number of anilines is 1. The third kappa shape index (κ3) is 7.10. The highest BCUT2D eigenvalue weighted by molar-refractivity contribution is 5.47. The largest absolute Gasteiger partial charge is 0.432 e. The van der Waals surface area contributed by atoms with E-state index in [1.807, 2.05) is 0 Å². The van der Waals surface area contributed by atoms with Gasteiger partial charge in [0.25, 0.3) is 0 Å². The van der Waals surface area contributed by atoms with Gasteiger partial charge in [-0.2, -0.15) is 22.0 Å². The van der Waals surface area contributed by atoms with E-state index >= 15 is 0 Å². The van der Waals surface area contributed by atoms with Crippen molar-refractivity contribution < 1.29 is 31.1 Å². The van der Waals surface area contributed by atoms with Crippen LogP contribution in [0, 0.1) is 5.82 Å². The lowest BCUT2D eigenvalue weighted by Crippen LogP contribution is -2.17. The summed E-state index contributed by atoms with van der Waals surface area (Å²) in [6.45, 7) is -1.47. The van der Waals surface area contributed by atoms with E-state index in [2.05, 4.69) is 10.1 Å². The topological polar surface area (TPSA) is 21.3 Å². The molecule has 0 saturated heterocycles. The van der Waals surface area contributed by atoms with Crippen molar-refractivity contribution in [2.24, 2.45) is 0 Å². The predicted molar refractivity (Wildman–Crippen MR) is 66.0 cm³/mol. The molecule has 2 nitrogen and oxygen atoms in total. The zero-order chi connectivity index (χ0) is 16.0. The van der Waals surface area contributed by atoms with Gasteiger partial charge in [-0.1, -0.05) is 0 Å². The molecule has 0 fully saturated rings. The fraction of sp³-hybridized carbons (Fsp3) is 0.538. The molecule has 120 valence electrons. The quantitative estimate of drug-likeness (QED) is 0.718. The summed E-state index contributed by atoms with van der Waals surface area (Å²) in [6.07, 6.45) is -4.88. The molecule has 0 radical (unpaired) electrons. The van der Waals surface area contributed by atoms with Gasteiger partial charge in [-0.3, -0.25) is 0 Å². The standard InChI is InChI=1S/C13H15F6NO/c1-8(3-2-6-13(17,18)19)20-9-4-5-11(10(14)7-9)21-12(15)16/h4-5,7-8,12,20H,2-3,6H2,1H3. The second-order valence-electron chi connectivity index (χ2n) is 4.58. The van der Waals surface area contributed by atoms with Crippen molar-refractivity contribution in [3.05, 3.63) is 24.0 Å². The van der Waals surface area contributed by atoms with Crippen LogP contribution in [0.25, 0.3) is 0 Å². The van der Waals surface area contributed by atoms with Gasteiger partial charge in [0.05, 0.1) is 0 Å². The Morgan fingerprint density at radius 2 is 1.90 bits per heavy atom. The van der Waals surface area contributed by atoms with Gasteiger partial charge in [-0.25, -0.2) is 4.39 Å². The van der Waals surface area contributed by atoms with Crippen LogP contribution in [0.3, 0.4) is 0 Å². The van der Waals surface area contributed by atoms with Gasteiger partial charge in [-0.15, -0.1) is 0 Å². The molecule has 1 aromatic rings. The predicted octanol–water partition coefficient (Wildman–Crippen LogP) is 4.96. The van der Waals surface area contributed by atoms with Crippen molar-refractivity contribution in [1.29, 1.82) is 0 Å². The number of halogens is 6. The van der Waals surface area contributed by atoms with Gasteiger partial charge >= 0.3 is 12.8 Å². The fourth-order valence-corrected chi connectivity index (χ4v) is 1.75. The molecule has 1 atom stereocenters. The van der Waals surface area contributed by atoms with Crippen LogP contribution in [-0.2, 0) is 0 Å². The van der Waals surface area contributed by atoms with Crippen LogP contribution >= 0.6 is 0 Å². The normalized spacial score (nSPS) is 13.3. The lowest BCUT2D eigenvalue weighted by molar-refractivity contribution is -0.135. The van der Waals surface area contributed by atoms with Crippen molar-refractivity contribution in [2.45, 2.75) is 45.0 Å². The Balaban J connectivity index is 2.49. The van der Waals surface area contributed by atoms with E-state index in [1.165, 1.54) is 6.07 Å². The van der Waals surface area contributed by atoms with Gasteiger partial charge < -0.3 is 10.1 Å². The van der Waals surface area contributed by atoms with E-state index in [9.17, 15) is 26.3 Å². The number of ether oxygens (including phenoxy) is 1. The highest BCUT2D eigenvalue weighted by atomic mass is 19.4. The first-order chi connectivity index (χ1) is 9.67. The number of nitrogens with one attached hydrogen (secondary N) is 1. The minimum Gasteiger partial charge on any atom is -0.432 e. The van der Waals surface area contributed by atoms with Crippen molar-refractivity contribution in [2.75, 3.05) is 5.32 Å². The van der Waals surface area contributed by atoms with E-state index in [0.717, 1.165) is 12.1 Å². The summed E-state index contributed by atoms with van der Waals surface area (Å²) in [5.41, 5.74) is 0.286. The smallest absolute Gasteiger partial charge is 0.389 e. The molecule has 0 amide bonds. The zero-order valence-corrected chi connectivity index (χ0v) is 11.2. The summed E-state index contributed by atoms with van der Waals surface area (Å²) in [5, 5.41) is 2.80. The Morgan fingerprint density at radius 3 is 2.43 bits per heavy atom. The van der Waals surface area contributed by atoms with Crippen LogP contribution in [0.1, 0.15) is 26.2 Å². The van der Waals surface area contributed by atoms with Gasteiger partial charge in [0.1, 0.15) is 0 Å². The highest BCUT2D eigenvalue weighted by Crippen LogP contribution is 2.25. The summed E-state index contributed by atoms with van der Waals surface area (Å²) in [4.78, 5) is 0. The van der Waals surface area contributed by atoms with Crippen molar-refractivity contribution >= 4 is 5.69 Å². The molecule has 1 rings (SSSR count). The van der Waals surface area contributed by atoms with Gasteiger partial charge in [-0.05, 0) is 31.9 Å². The van der Waals surface area contributed by atoms with Crippen molar-refractivity contribution in [1.82, 2.24) is 0 Å². The van der Waals surface area contributed by atoms with Gasteiger partial charge in [0, 0.05) is 24.2 Å². The molecule has 1 N–H and O–H groups in total. The first kappa shape index (κ1) is 17.5. The molecular formula is C13H15F6NO. The van der Waals surface area contributed by atoms with Gasteiger partial charge in [0.2, 0.25) is 0 Å². The van der Waals surface area contributed by atoms with Crippen molar-refractivity contribution in [3.8, 4) is 5.75 Å². The van der Waals surface area contributed by atoms with Crippen LogP contribution in [0.15, 0.2) is 18.2 Å². The number of hydrogen-bond acceptors (Lipinski definition) is 2. The molecule has 0 aliphatic carbocycles. The summed E-state index contributed by atoms with van der Waals surface area (Å²) < 4.78 is 77.2. The van der Waals surface area contributed by atoms with Crippen LogP contribution < -0.4 is 10.1 Å². The molecule has 0 bridgehead atoms. The zero-order valence-electron chi connectivity index (χ0n) is 11.2. The summed E-state index contributed by atoms with van der Waals surface area (Å²) in [7, 11) is 0. The fourth-order valence-electron chi connectivity index (χ4n) is 1.75. The Kier molecular flexibility index (Phi) is 6.17. The average molecular weight is 315 g/mol. The first-order valence-electron chi connectivity index (χ1n) is 6.25. The summed E-state index contributed by atoms with van der Waals surface area (Å²) >= 11 is 0. The van der Waals surface area contributed by atoms with E-state index in [4.69, 9.17) is 0 Å².